The number of ether oxygens (including phenoxy) is 3. The molecule has 2 aromatic rings. The molecule has 2 heterocycles. The number of morpholine rings is 1. The highest BCUT2D eigenvalue weighted by Crippen LogP contribution is 2.23. The summed E-state index contributed by atoms with van der Waals surface area (Å²) >= 11 is 0. The minimum absolute atomic E-state index is 0.130. The summed E-state index contributed by atoms with van der Waals surface area (Å²) in [6, 6.07) is 7.83. The van der Waals surface area contributed by atoms with Crippen LogP contribution in [0.4, 0.5) is 11.5 Å². The van der Waals surface area contributed by atoms with Crippen molar-refractivity contribution >= 4 is 23.3 Å². The van der Waals surface area contributed by atoms with Crippen LogP contribution in [0.5, 0.6) is 11.5 Å². The number of methoxy groups -OCH3 is 2. The summed E-state index contributed by atoms with van der Waals surface area (Å²) in [6.45, 7) is 9.36. The fourth-order valence-electron chi connectivity index (χ4n) is 3.93. The molecule has 0 bridgehead atoms. The van der Waals surface area contributed by atoms with E-state index in [1.807, 2.05) is 39.8 Å². The number of aromatic nitrogens is 1. The zero-order valence-corrected chi connectivity index (χ0v) is 20.6. The van der Waals surface area contributed by atoms with Gasteiger partial charge >= 0.3 is 0 Å². The molecule has 1 aliphatic heterocycles. The van der Waals surface area contributed by atoms with Crippen LogP contribution >= 0.6 is 0 Å². The summed E-state index contributed by atoms with van der Waals surface area (Å²) in [6.07, 6.45) is 1.89. The van der Waals surface area contributed by atoms with Gasteiger partial charge in [-0.25, -0.2) is 4.98 Å². The van der Waals surface area contributed by atoms with Gasteiger partial charge in [0.15, 0.2) is 0 Å². The van der Waals surface area contributed by atoms with E-state index in [4.69, 9.17) is 14.2 Å². The Labute approximate surface area is 200 Å². The Morgan fingerprint density at radius 1 is 1.06 bits per heavy atom. The second kappa shape index (κ2) is 11.2. The molecule has 184 valence electrons. The Balaban J connectivity index is 1.67. The van der Waals surface area contributed by atoms with Crippen LogP contribution in [0.2, 0.25) is 0 Å². The molecule has 9 heteroatoms. The van der Waals surface area contributed by atoms with Crippen LogP contribution in [-0.2, 0) is 9.53 Å². The Morgan fingerprint density at radius 2 is 1.68 bits per heavy atom. The van der Waals surface area contributed by atoms with Crippen molar-refractivity contribution in [3.05, 3.63) is 42.1 Å². The number of rotatable bonds is 8. The molecule has 1 saturated heterocycles. The molecule has 34 heavy (non-hydrogen) atoms. The van der Waals surface area contributed by atoms with E-state index >= 15 is 0 Å². The molecule has 2 amide bonds. The van der Waals surface area contributed by atoms with Crippen molar-refractivity contribution < 1.29 is 23.8 Å². The standard InChI is InChI=1S/C25H34N4O5/c1-15(2)23(28-24(30)18-9-20(32-5)11-21(10-18)33-6)25(31)27-19-7-8-22(26-12-19)29-13-16(3)34-17(4)14-29/h7-12,15-17,23H,13-14H2,1-6H3,(H,27,31)(H,28,30). The SMILES string of the molecule is COc1cc(OC)cc(C(=O)NC(C(=O)Nc2ccc(N3CC(C)OC(C)C3)nc2)C(C)C)c1. The highest BCUT2D eigenvalue weighted by Gasteiger charge is 2.26. The van der Waals surface area contributed by atoms with Gasteiger partial charge in [-0.2, -0.15) is 0 Å². The molecular formula is C25H34N4O5. The molecule has 3 atom stereocenters. The van der Waals surface area contributed by atoms with E-state index < -0.39 is 11.9 Å². The smallest absolute Gasteiger partial charge is 0.252 e. The second-order valence-corrected chi connectivity index (χ2v) is 8.85. The molecule has 3 unspecified atom stereocenters. The van der Waals surface area contributed by atoms with E-state index in [-0.39, 0.29) is 24.0 Å². The quantitative estimate of drug-likeness (QED) is 0.611. The van der Waals surface area contributed by atoms with E-state index in [2.05, 4.69) is 20.5 Å². The zero-order chi connectivity index (χ0) is 24.8. The zero-order valence-electron chi connectivity index (χ0n) is 20.6. The van der Waals surface area contributed by atoms with Gasteiger partial charge in [-0.05, 0) is 44.0 Å². The van der Waals surface area contributed by atoms with Gasteiger partial charge in [-0.3, -0.25) is 9.59 Å². The summed E-state index contributed by atoms with van der Waals surface area (Å²) in [7, 11) is 3.03. The van der Waals surface area contributed by atoms with Crippen molar-refractivity contribution in [2.45, 2.75) is 45.9 Å². The molecule has 0 radical (unpaired) electrons. The Hall–Kier alpha value is -3.33. The first kappa shape index (κ1) is 25.3. The molecule has 1 fully saturated rings. The van der Waals surface area contributed by atoms with Crippen LogP contribution in [-0.4, -0.2) is 62.4 Å². The number of hydrogen-bond acceptors (Lipinski definition) is 7. The lowest BCUT2D eigenvalue weighted by Crippen LogP contribution is -2.47. The van der Waals surface area contributed by atoms with Gasteiger partial charge in [0.2, 0.25) is 5.91 Å². The van der Waals surface area contributed by atoms with E-state index in [1.54, 1.807) is 24.4 Å². The van der Waals surface area contributed by atoms with Gasteiger partial charge in [0.25, 0.3) is 5.91 Å². The van der Waals surface area contributed by atoms with Crippen molar-refractivity contribution in [2.75, 3.05) is 37.5 Å². The Morgan fingerprint density at radius 3 is 2.18 bits per heavy atom. The van der Waals surface area contributed by atoms with Crippen LogP contribution in [0.1, 0.15) is 38.1 Å². The predicted molar refractivity (Wildman–Crippen MR) is 131 cm³/mol. The maximum Gasteiger partial charge on any atom is 0.252 e. The van der Waals surface area contributed by atoms with Crippen molar-refractivity contribution in [1.29, 1.82) is 0 Å². The van der Waals surface area contributed by atoms with Crippen molar-refractivity contribution in [3.8, 4) is 11.5 Å². The van der Waals surface area contributed by atoms with Gasteiger partial charge in [-0.15, -0.1) is 0 Å². The van der Waals surface area contributed by atoms with Crippen LogP contribution < -0.4 is 25.0 Å². The molecule has 0 spiro atoms. The van der Waals surface area contributed by atoms with E-state index in [0.717, 1.165) is 18.9 Å². The molecule has 9 nitrogen and oxygen atoms in total. The van der Waals surface area contributed by atoms with E-state index in [1.165, 1.54) is 14.2 Å². The molecule has 3 rings (SSSR count). The molecule has 1 aromatic carbocycles. The number of anilines is 2. The highest BCUT2D eigenvalue weighted by molar-refractivity contribution is 6.01. The number of nitrogens with zero attached hydrogens (tertiary/aromatic N) is 2. The predicted octanol–water partition coefficient (Wildman–Crippen LogP) is 3.11. The average molecular weight is 471 g/mol. The topological polar surface area (TPSA) is 102 Å². The first-order valence-electron chi connectivity index (χ1n) is 11.4. The fourth-order valence-corrected chi connectivity index (χ4v) is 3.93. The molecular weight excluding hydrogens is 436 g/mol. The Kier molecular flexibility index (Phi) is 8.33. The molecule has 0 aliphatic carbocycles. The summed E-state index contributed by atoms with van der Waals surface area (Å²) < 4.78 is 16.2. The monoisotopic (exact) mass is 470 g/mol. The van der Waals surface area contributed by atoms with E-state index in [0.29, 0.717) is 22.7 Å². The third-order valence-electron chi connectivity index (χ3n) is 5.61. The Bertz CT molecular complexity index is 963. The molecule has 2 N–H and O–H groups in total. The van der Waals surface area contributed by atoms with Gasteiger partial charge in [0, 0.05) is 24.7 Å². The molecule has 0 saturated carbocycles. The molecule has 1 aliphatic rings. The maximum atomic E-state index is 13.0. The third-order valence-corrected chi connectivity index (χ3v) is 5.61. The van der Waals surface area contributed by atoms with Gasteiger partial charge < -0.3 is 29.7 Å². The normalized spacial score (nSPS) is 18.9. The second-order valence-electron chi connectivity index (χ2n) is 8.85. The van der Waals surface area contributed by atoms with Crippen molar-refractivity contribution in [2.24, 2.45) is 5.92 Å². The summed E-state index contributed by atoms with van der Waals surface area (Å²) in [5.74, 6) is 0.965. The summed E-state index contributed by atoms with van der Waals surface area (Å²) in [5, 5.41) is 5.69. The van der Waals surface area contributed by atoms with Gasteiger partial charge in [-0.1, -0.05) is 13.8 Å². The maximum absolute atomic E-state index is 13.0. The largest absolute Gasteiger partial charge is 0.497 e. The number of pyridine rings is 1. The number of hydrogen-bond donors (Lipinski definition) is 2. The van der Waals surface area contributed by atoms with E-state index in [9.17, 15) is 9.59 Å². The summed E-state index contributed by atoms with van der Waals surface area (Å²) in [4.78, 5) is 32.6. The lowest BCUT2D eigenvalue weighted by molar-refractivity contribution is -0.118. The number of carbonyl (C=O) groups excluding carboxylic acids is 2. The minimum atomic E-state index is -0.745. The van der Waals surface area contributed by atoms with Crippen molar-refractivity contribution in [3.63, 3.8) is 0 Å². The van der Waals surface area contributed by atoms with Crippen molar-refractivity contribution in [1.82, 2.24) is 10.3 Å². The number of amides is 2. The lowest BCUT2D eigenvalue weighted by atomic mass is 10.0. The number of nitrogens with one attached hydrogen (secondary N) is 2. The summed E-state index contributed by atoms with van der Waals surface area (Å²) in [5.41, 5.74) is 0.903. The van der Waals surface area contributed by atoms with Crippen LogP contribution in [0.3, 0.4) is 0 Å². The molecule has 1 aromatic heterocycles. The van der Waals surface area contributed by atoms with Crippen LogP contribution in [0.25, 0.3) is 0 Å². The average Bonchev–Trinajstić information content (AvgIpc) is 2.81. The van der Waals surface area contributed by atoms with Gasteiger partial charge in [0.05, 0.1) is 38.3 Å². The lowest BCUT2D eigenvalue weighted by Gasteiger charge is -2.36. The minimum Gasteiger partial charge on any atom is -0.497 e. The number of benzene rings is 1. The van der Waals surface area contributed by atoms with Crippen LogP contribution in [0, 0.1) is 5.92 Å². The number of carbonyl (C=O) groups is 2. The third kappa shape index (κ3) is 6.38. The van der Waals surface area contributed by atoms with Crippen LogP contribution in [0.15, 0.2) is 36.5 Å². The highest BCUT2D eigenvalue weighted by atomic mass is 16.5. The fraction of sp³-hybridized carbons (Fsp3) is 0.480. The van der Waals surface area contributed by atoms with Gasteiger partial charge in [0.1, 0.15) is 23.4 Å². The first-order valence-corrected chi connectivity index (χ1v) is 11.4. The first-order chi connectivity index (χ1) is 16.2.